The van der Waals surface area contributed by atoms with Crippen LogP contribution >= 0.6 is 0 Å². The summed E-state index contributed by atoms with van der Waals surface area (Å²) in [6, 6.07) is 14.3. The van der Waals surface area contributed by atoms with Crippen molar-refractivity contribution < 1.29 is 27.9 Å². The lowest BCUT2D eigenvalue weighted by Gasteiger charge is -2.24. The minimum atomic E-state index is -0.572. The first-order valence-electron chi connectivity index (χ1n) is 10.4. The van der Waals surface area contributed by atoms with Gasteiger partial charge in [0, 0.05) is 31.0 Å². The molecule has 0 radical (unpaired) electrons. The number of ether oxygens (including phenoxy) is 2. The van der Waals surface area contributed by atoms with Gasteiger partial charge in [-0.05, 0) is 30.3 Å². The number of para-hydroxylation sites is 2. The topological polar surface area (TPSA) is 112 Å². The summed E-state index contributed by atoms with van der Waals surface area (Å²) in [7, 11) is 0. The smallest absolute Gasteiger partial charge is 0.349 e. The molecule has 0 unspecified atom stereocenters. The third kappa shape index (κ3) is 5.20. The van der Waals surface area contributed by atoms with Crippen molar-refractivity contribution in [2.75, 3.05) is 31.2 Å². The van der Waals surface area contributed by atoms with E-state index >= 15 is 0 Å². The van der Waals surface area contributed by atoms with Gasteiger partial charge < -0.3 is 23.2 Å². The summed E-state index contributed by atoms with van der Waals surface area (Å²) in [6.45, 7) is 3.74. The number of anilines is 1. The van der Waals surface area contributed by atoms with Crippen molar-refractivity contribution in [3.05, 3.63) is 59.0 Å². The fraction of sp³-hybridized carbons (Fsp3) is 0.250. The van der Waals surface area contributed by atoms with Gasteiger partial charge in [-0.25, -0.2) is 9.78 Å². The van der Waals surface area contributed by atoms with Crippen LogP contribution in [0.5, 0.6) is 0 Å². The van der Waals surface area contributed by atoms with E-state index in [9.17, 15) is 14.4 Å². The van der Waals surface area contributed by atoms with Gasteiger partial charge in [-0.15, -0.1) is 0 Å². The standard InChI is InChI=1S/C24H22N2O7/c1-15(27)30-11-9-26(10-12-31-16(2)28)18-8-7-17-13-19(24(29)33-22(17)14-18)23-25-20-5-3-4-6-21(20)32-23/h3-8,13-14H,9-12H2,1-2H3. The second kappa shape index (κ2) is 9.56. The molecule has 9 nitrogen and oxygen atoms in total. The molecule has 0 atom stereocenters. The van der Waals surface area contributed by atoms with Crippen LogP contribution in [0.4, 0.5) is 5.69 Å². The Morgan fingerprint density at radius 3 is 2.27 bits per heavy atom. The van der Waals surface area contributed by atoms with Crippen LogP contribution in [0.15, 0.2) is 62.2 Å². The van der Waals surface area contributed by atoms with Crippen molar-refractivity contribution in [2.24, 2.45) is 0 Å². The fourth-order valence-corrected chi connectivity index (χ4v) is 3.40. The molecule has 0 saturated heterocycles. The molecule has 0 saturated carbocycles. The van der Waals surface area contributed by atoms with E-state index in [1.807, 2.05) is 29.2 Å². The first kappa shape index (κ1) is 22.1. The molecular formula is C24H22N2O7. The Kier molecular flexibility index (Phi) is 6.39. The molecule has 2 heterocycles. The molecule has 2 aromatic heterocycles. The number of aromatic nitrogens is 1. The average Bonchev–Trinajstić information content (AvgIpc) is 3.21. The first-order valence-corrected chi connectivity index (χ1v) is 10.4. The zero-order valence-electron chi connectivity index (χ0n) is 18.2. The van der Waals surface area contributed by atoms with Gasteiger partial charge in [-0.1, -0.05) is 12.1 Å². The zero-order valence-corrected chi connectivity index (χ0v) is 18.2. The van der Waals surface area contributed by atoms with Crippen LogP contribution in [0.1, 0.15) is 13.8 Å². The van der Waals surface area contributed by atoms with Crippen molar-refractivity contribution in [2.45, 2.75) is 13.8 Å². The van der Waals surface area contributed by atoms with Crippen LogP contribution < -0.4 is 10.5 Å². The SMILES string of the molecule is CC(=O)OCCN(CCOC(C)=O)c1ccc2cc(-c3nc4ccccc4o3)c(=O)oc2c1. The maximum atomic E-state index is 12.7. The molecule has 0 amide bonds. The quantitative estimate of drug-likeness (QED) is 0.294. The minimum absolute atomic E-state index is 0.161. The van der Waals surface area contributed by atoms with Gasteiger partial charge in [-0.3, -0.25) is 9.59 Å². The number of hydrogen-bond acceptors (Lipinski definition) is 9. The third-order valence-electron chi connectivity index (χ3n) is 4.94. The van der Waals surface area contributed by atoms with E-state index in [4.69, 9.17) is 18.3 Å². The second-order valence-corrected chi connectivity index (χ2v) is 7.32. The number of carbonyl (C=O) groups is 2. The van der Waals surface area contributed by atoms with Crippen LogP contribution in [0.3, 0.4) is 0 Å². The van der Waals surface area contributed by atoms with E-state index in [0.29, 0.717) is 35.2 Å². The fourth-order valence-electron chi connectivity index (χ4n) is 3.40. The number of hydrogen-bond donors (Lipinski definition) is 0. The van der Waals surface area contributed by atoms with Crippen LogP contribution in [0.25, 0.3) is 33.5 Å². The average molecular weight is 450 g/mol. The number of oxazole rings is 1. The summed E-state index contributed by atoms with van der Waals surface area (Å²) >= 11 is 0. The Balaban J connectivity index is 1.63. The zero-order chi connectivity index (χ0) is 23.4. The summed E-state index contributed by atoms with van der Waals surface area (Å²) < 4.78 is 21.4. The molecule has 170 valence electrons. The number of benzene rings is 2. The maximum absolute atomic E-state index is 12.7. The monoisotopic (exact) mass is 450 g/mol. The largest absolute Gasteiger partial charge is 0.464 e. The highest BCUT2D eigenvalue weighted by Gasteiger charge is 2.16. The predicted octanol–water partition coefficient (Wildman–Crippen LogP) is 3.53. The maximum Gasteiger partial charge on any atom is 0.349 e. The van der Waals surface area contributed by atoms with Crippen molar-refractivity contribution in [1.82, 2.24) is 4.98 Å². The summed E-state index contributed by atoms with van der Waals surface area (Å²) in [5, 5.41) is 0.690. The van der Waals surface area contributed by atoms with Gasteiger partial charge in [0.2, 0.25) is 5.89 Å². The molecular weight excluding hydrogens is 428 g/mol. The summed E-state index contributed by atoms with van der Waals surface area (Å²) in [4.78, 5) is 41.2. The Morgan fingerprint density at radius 1 is 0.909 bits per heavy atom. The van der Waals surface area contributed by atoms with Crippen LogP contribution in [0.2, 0.25) is 0 Å². The van der Waals surface area contributed by atoms with Crippen molar-refractivity contribution in [3.63, 3.8) is 0 Å². The molecule has 0 aliphatic carbocycles. The number of rotatable bonds is 8. The van der Waals surface area contributed by atoms with E-state index in [-0.39, 0.29) is 36.6 Å². The van der Waals surface area contributed by atoms with Crippen molar-refractivity contribution in [1.29, 1.82) is 0 Å². The van der Waals surface area contributed by atoms with Gasteiger partial charge in [-0.2, -0.15) is 0 Å². The lowest BCUT2D eigenvalue weighted by molar-refractivity contribution is -0.141. The molecule has 4 aromatic rings. The van der Waals surface area contributed by atoms with Gasteiger partial charge >= 0.3 is 17.6 Å². The lowest BCUT2D eigenvalue weighted by Crippen LogP contribution is -2.31. The van der Waals surface area contributed by atoms with Gasteiger partial charge in [0.25, 0.3) is 0 Å². The molecule has 9 heteroatoms. The van der Waals surface area contributed by atoms with Gasteiger partial charge in [0.1, 0.15) is 29.9 Å². The number of esters is 2. The van der Waals surface area contributed by atoms with E-state index in [1.165, 1.54) is 13.8 Å². The summed E-state index contributed by atoms with van der Waals surface area (Å²) in [6.07, 6.45) is 0. The number of fused-ring (bicyclic) bond motifs is 2. The Bertz CT molecular complexity index is 1320. The predicted molar refractivity (Wildman–Crippen MR) is 121 cm³/mol. The van der Waals surface area contributed by atoms with E-state index in [1.54, 1.807) is 24.3 Å². The highest BCUT2D eigenvalue weighted by molar-refractivity contribution is 5.84. The number of carbonyl (C=O) groups excluding carboxylic acids is 2. The normalized spacial score (nSPS) is 11.0. The van der Waals surface area contributed by atoms with E-state index in [2.05, 4.69) is 4.98 Å². The van der Waals surface area contributed by atoms with Gasteiger partial charge in [0.05, 0.1) is 13.1 Å². The Morgan fingerprint density at radius 2 is 1.61 bits per heavy atom. The molecule has 2 aromatic carbocycles. The molecule has 0 bridgehead atoms. The minimum Gasteiger partial charge on any atom is -0.464 e. The summed E-state index contributed by atoms with van der Waals surface area (Å²) in [5.41, 5.74) is 1.99. The van der Waals surface area contributed by atoms with E-state index < -0.39 is 5.63 Å². The van der Waals surface area contributed by atoms with Crippen LogP contribution in [-0.4, -0.2) is 43.2 Å². The Labute approximate surface area is 188 Å². The van der Waals surface area contributed by atoms with Crippen molar-refractivity contribution >= 4 is 39.7 Å². The molecule has 4 rings (SSSR count). The van der Waals surface area contributed by atoms with Crippen LogP contribution in [-0.2, 0) is 19.1 Å². The molecule has 0 fully saturated rings. The molecule has 0 N–H and O–H groups in total. The Hall–Kier alpha value is -4.14. The highest BCUT2D eigenvalue weighted by atomic mass is 16.5. The van der Waals surface area contributed by atoms with E-state index in [0.717, 1.165) is 5.69 Å². The highest BCUT2D eigenvalue weighted by Crippen LogP contribution is 2.27. The summed E-state index contributed by atoms with van der Waals surface area (Å²) in [5.74, 6) is -0.572. The third-order valence-corrected chi connectivity index (χ3v) is 4.94. The van der Waals surface area contributed by atoms with Gasteiger partial charge in [0.15, 0.2) is 5.58 Å². The second-order valence-electron chi connectivity index (χ2n) is 7.32. The molecule has 0 aliphatic rings. The first-order chi connectivity index (χ1) is 15.9. The lowest BCUT2D eigenvalue weighted by atomic mass is 10.1. The molecule has 33 heavy (non-hydrogen) atoms. The van der Waals surface area contributed by atoms with Crippen molar-refractivity contribution in [3.8, 4) is 11.5 Å². The molecule has 0 aliphatic heterocycles. The molecule has 0 spiro atoms. The number of nitrogens with zero attached hydrogens (tertiary/aromatic N) is 2. The van der Waals surface area contributed by atoms with Crippen LogP contribution in [0, 0.1) is 0 Å².